The number of rotatable bonds is 3. The van der Waals surface area contributed by atoms with Gasteiger partial charge in [-0.2, -0.15) is 5.10 Å². The molecule has 5 heteroatoms. The Hall–Kier alpha value is -2.11. The third-order valence-electron chi connectivity index (χ3n) is 3.54. The maximum absolute atomic E-state index is 4.39. The van der Waals surface area contributed by atoms with E-state index < -0.39 is 0 Å². The number of thioether (sulfide) groups is 1. The number of aromatic nitrogens is 3. The fourth-order valence-corrected chi connectivity index (χ4v) is 3.95. The zero-order valence-corrected chi connectivity index (χ0v) is 13.6. The van der Waals surface area contributed by atoms with Gasteiger partial charge in [0.1, 0.15) is 6.33 Å². The maximum atomic E-state index is 4.39. The molecule has 0 aliphatic carbocycles. The van der Waals surface area contributed by atoms with Crippen molar-refractivity contribution in [3.05, 3.63) is 60.9 Å². The van der Waals surface area contributed by atoms with Crippen molar-refractivity contribution in [1.29, 1.82) is 0 Å². The second-order valence-electron chi connectivity index (χ2n) is 4.83. The Bertz CT molecular complexity index is 908. The molecule has 0 aliphatic rings. The minimum absolute atomic E-state index is 0.919. The molecule has 0 aliphatic heterocycles. The Morgan fingerprint density at radius 3 is 2.45 bits per heavy atom. The van der Waals surface area contributed by atoms with Crippen molar-refractivity contribution >= 4 is 28.1 Å². The molecule has 2 aromatic carbocycles. The number of hydrogen-bond donors (Lipinski definition) is 0. The van der Waals surface area contributed by atoms with Crippen molar-refractivity contribution in [2.75, 3.05) is 6.26 Å². The molecule has 2 heterocycles. The van der Waals surface area contributed by atoms with E-state index in [9.17, 15) is 0 Å². The Morgan fingerprint density at radius 1 is 0.955 bits per heavy atom. The van der Waals surface area contributed by atoms with E-state index in [1.165, 1.54) is 15.3 Å². The lowest BCUT2D eigenvalue weighted by molar-refractivity contribution is 0.985. The van der Waals surface area contributed by atoms with Crippen LogP contribution < -0.4 is 0 Å². The van der Waals surface area contributed by atoms with Gasteiger partial charge in [0.2, 0.25) is 4.96 Å². The van der Waals surface area contributed by atoms with Crippen molar-refractivity contribution in [3.63, 3.8) is 0 Å². The highest BCUT2D eigenvalue weighted by Crippen LogP contribution is 2.38. The van der Waals surface area contributed by atoms with E-state index in [4.69, 9.17) is 0 Å². The zero-order chi connectivity index (χ0) is 14.9. The lowest BCUT2D eigenvalue weighted by Gasteiger charge is -2.05. The lowest BCUT2D eigenvalue weighted by Crippen LogP contribution is -1.89. The molecule has 0 amide bonds. The highest BCUT2D eigenvalue weighted by molar-refractivity contribution is 7.98. The van der Waals surface area contributed by atoms with E-state index in [1.54, 1.807) is 29.4 Å². The third kappa shape index (κ3) is 2.23. The monoisotopic (exact) mass is 323 g/mol. The molecule has 0 saturated carbocycles. The van der Waals surface area contributed by atoms with Crippen molar-refractivity contribution in [2.45, 2.75) is 4.90 Å². The summed E-state index contributed by atoms with van der Waals surface area (Å²) < 4.78 is 1.93. The van der Waals surface area contributed by atoms with Crippen LogP contribution >= 0.6 is 23.1 Å². The van der Waals surface area contributed by atoms with E-state index in [2.05, 4.69) is 64.9 Å². The number of hydrogen-bond acceptors (Lipinski definition) is 4. The number of benzene rings is 2. The fourth-order valence-electron chi connectivity index (χ4n) is 2.48. The highest BCUT2D eigenvalue weighted by atomic mass is 32.2. The van der Waals surface area contributed by atoms with Crippen molar-refractivity contribution in [2.24, 2.45) is 0 Å². The molecule has 0 radical (unpaired) electrons. The molecule has 0 N–H and O–H groups in total. The van der Waals surface area contributed by atoms with Crippen LogP contribution in [0.2, 0.25) is 0 Å². The number of nitrogens with zero attached hydrogens (tertiary/aromatic N) is 3. The summed E-state index contributed by atoms with van der Waals surface area (Å²) in [7, 11) is 0. The van der Waals surface area contributed by atoms with E-state index >= 15 is 0 Å². The van der Waals surface area contributed by atoms with Crippen LogP contribution in [0.4, 0.5) is 0 Å². The van der Waals surface area contributed by atoms with Crippen LogP contribution in [0.25, 0.3) is 26.7 Å². The fraction of sp³-hybridized carbons (Fsp3) is 0.0588. The number of fused-ring (bicyclic) bond motifs is 1. The van der Waals surface area contributed by atoms with Gasteiger partial charge in [-0.25, -0.2) is 9.50 Å². The van der Waals surface area contributed by atoms with Gasteiger partial charge in [0.05, 0.1) is 10.6 Å². The summed E-state index contributed by atoms with van der Waals surface area (Å²) in [5.41, 5.74) is 3.46. The smallest absolute Gasteiger partial charge is 0.206 e. The van der Waals surface area contributed by atoms with Gasteiger partial charge in [0, 0.05) is 10.5 Å². The summed E-state index contributed by atoms with van der Waals surface area (Å²) in [5.74, 6) is 0. The van der Waals surface area contributed by atoms with E-state index in [0.717, 1.165) is 16.2 Å². The molecule has 0 fully saturated rings. The molecule has 0 unspecified atom stereocenters. The molecule has 108 valence electrons. The second kappa shape index (κ2) is 5.59. The van der Waals surface area contributed by atoms with Crippen LogP contribution in [0.3, 0.4) is 0 Å². The molecule has 4 aromatic rings. The van der Waals surface area contributed by atoms with Gasteiger partial charge < -0.3 is 0 Å². The minimum Gasteiger partial charge on any atom is -0.206 e. The van der Waals surface area contributed by atoms with Crippen LogP contribution in [0.5, 0.6) is 0 Å². The van der Waals surface area contributed by atoms with E-state index in [1.807, 2.05) is 10.6 Å². The molecular formula is C17H13N3S2. The van der Waals surface area contributed by atoms with Crippen LogP contribution in [-0.4, -0.2) is 20.9 Å². The minimum atomic E-state index is 0.919. The predicted molar refractivity (Wildman–Crippen MR) is 93.5 cm³/mol. The van der Waals surface area contributed by atoms with Crippen LogP contribution in [0, 0.1) is 0 Å². The molecule has 2 aromatic heterocycles. The topological polar surface area (TPSA) is 30.2 Å². The Kier molecular flexibility index (Phi) is 3.44. The summed E-state index contributed by atoms with van der Waals surface area (Å²) in [4.78, 5) is 7.74. The van der Waals surface area contributed by atoms with Crippen LogP contribution in [0.15, 0.2) is 65.8 Å². The quantitative estimate of drug-likeness (QED) is 0.505. The first kappa shape index (κ1) is 13.5. The maximum Gasteiger partial charge on any atom is 0.213 e. The lowest BCUT2D eigenvalue weighted by atomic mass is 10.1. The van der Waals surface area contributed by atoms with Crippen molar-refractivity contribution in [3.8, 4) is 21.7 Å². The van der Waals surface area contributed by atoms with Gasteiger partial charge in [0.25, 0.3) is 0 Å². The van der Waals surface area contributed by atoms with Crippen LogP contribution in [-0.2, 0) is 0 Å². The molecule has 0 saturated heterocycles. The molecule has 0 atom stereocenters. The normalized spacial score (nSPS) is 11.1. The predicted octanol–water partition coefficient (Wildman–Crippen LogP) is 4.85. The van der Waals surface area contributed by atoms with Crippen molar-refractivity contribution in [1.82, 2.24) is 14.6 Å². The Balaban J connectivity index is 1.95. The summed E-state index contributed by atoms with van der Waals surface area (Å²) in [6.07, 6.45) is 3.70. The van der Waals surface area contributed by atoms with Gasteiger partial charge in [-0.3, -0.25) is 0 Å². The van der Waals surface area contributed by atoms with Gasteiger partial charge >= 0.3 is 0 Å². The molecular weight excluding hydrogens is 310 g/mol. The summed E-state index contributed by atoms with van der Waals surface area (Å²) in [6, 6.07) is 19.0. The van der Waals surface area contributed by atoms with Gasteiger partial charge in [-0.1, -0.05) is 53.8 Å². The summed E-state index contributed by atoms with van der Waals surface area (Å²) >= 11 is 3.43. The third-order valence-corrected chi connectivity index (χ3v) is 5.37. The van der Waals surface area contributed by atoms with Crippen molar-refractivity contribution < 1.29 is 0 Å². The van der Waals surface area contributed by atoms with Gasteiger partial charge in [-0.05, 0) is 24.0 Å². The molecule has 3 nitrogen and oxygen atoms in total. The highest BCUT2D eigenvalue weighted by Gasteiger charge is 2.17. The first-order valence-electron chi connectivity index (χ1n) is 6.89. The van der Waals surface area contributed by atoms with E-state index in [-0.39, 0.29) is 0 Å². The van der Waals surface area contributed by atoms with E-state index in [0.29, 0.717) is 0 Å². The summed E-state index contributed by atoms with van der Waals surface area (Å²) in [5, 5.41) is 4.39. The average Bonchev–Trinajstić information content (AvgIpc) is 3.16. The summed E-state index contributed by atoms with van der Waals surface area (Å²) in [6.45, 7) is 0. The Labute approximate surface area is 136 Å². The molecule has 22 heavy (non-hydrogen) atoms. The van der Waals surface area contributed by atoms with Gasteiger partial charge in [-0.15, -0.1) is 11.8 Å². The number of thiazole rings is 1. The molecule has 0 bridgehead atoms. The second-order valence-corrected chi connectivity index (χ2v) is 6.69. The van der Waals surface area contributed by atoms with Crippen LogP contribution in [0.1, 0.15) is 0 Å². The standard InChI is InChI=1S/C17H13N3S2/c1-21-14-9-7-13(8-10-14)16-15(12-5-3-2-4-6-12)20-17(22-16)18-11-19-20/h2-11H,1H3. The molecule has 4 rings (SSSR count). The van der Waals surface area contributed by atoms with Gasteiger partial charge in [0.15, 0.2) is 0 Å². The first-order valence-corrected chi connectivity index (χ1v) is 8.93. The first-order chi connectivity index (χ1) is 10.9. The molecule has 0 spiro atoms. The largest absolute Gasteiger partial charge is 0.213 e. The zero-order valence-electron chi connectivity index (χ0n) is 11.9. The Morgan fingerprint density at radius 2 is 1.73 bits per heavy atom. The SMILES string of the molecule is CSc1ccc(-c2sc3ncnn3c2-c2ccccc2)cc1. The average molecular weight is 323 g/mol.